The lowest BCUT2D eigenvalue weighted by Gasteiger charge is -2.28. The molecule has 4 rings (SSSR count). The lowest BCUT2D eigenvalue weighted by molar-refractivity contribution is 0.0648. The van der Waals surface area contributed by atoms with Crippen LogP contribution in [0.5, 0.6) is 0 Å². The molecule has 0 N–H and O–H groups in total. The minimum absolute atomic E-state index is 0.0440. The number of nitrogens with zero attached hydrogens (tertiary/aromatic N) is 2. The van der Waals surface area contributed by atoms with Gasteiger partial charge < -0.3 is 14.2 Å². The molecule has 8 heteroatoms. The average molecular weight is 497 g/mol. The van der Waals surface area contributed by atoms with E-state index in [1.54, 1.807) is 11.0 Å². The summed E-state index contributed by atoms with van der Waals surface area (Å²) >= 11 is 0. The van der Waals surface area contributed by atoms with E-state index in [9.17, 15) is 18.0 Å². The van der Waals surface area contributed by atoms with Crippen LogP contribution in [0.25, 0.3) is 11.0 Å². The summed E-state index contributed by atoms with van der Waals surface area (Å²) in [5, 5.41) is 0.423. The van der Waals surface area contributed by atoms with Crippen molar-refractivity contribution in [3.8, 4) is 0 Å². The summed E-state index contributed by atoms with van der Waals surface area (Å²) in [7, 11) is -3.22. The van der Waals surface area contributed by atoms with E-state index in [2.05, 4.69) is 18.7 Å². The van der Waals surface area contributed by atoms with E-state index in [4.69, 9.17) is 4.42 Å². The Bertz CT molecular complexity index is 1410. The number of amides is 1. The van der Waals surface area contributed by atoms with Crippen molar-refractivity contribution in [3.63, 3.8) is 0 Å². The summed E-state index contributed by atoms with van der Waals surface area (Å²) < 4.78 is 30.5. The molecule has 0 bridgehead atoms. The number of aryl methyl sites for hydroxylation is 2. The Morgan fingerprint density at radius 1 is 1.06 bits per heavy atom. The van der Waals surface area contributed by atoms with Gasteiger partial charge in [0, 0.05) is 37.4 Å². The van der Waals surface area contributed by atoms with Gasteiger partial charge >= 0.3 is 0 Å². The summed E-state index contributed by atoms with van der Waals surface area (Å²) in [4.78, 5) is 30.3. The molecule has 1 aromatic heterocycles. The number of carbonyl (C=O) groups is 1. The van der Waals surface area contributed by atoms with Gasteiger partial charge in [0.2, 0.25) is 0 Å². The summed E-state index contributed by atoms with van der Waals surface area (Å²) in [5.41, 5.74) is 3.83. The molecule has 0 spiro atoms. The second-order valence-corrected chi connectivity index (χ2v) is 11.4. The fourth-order valence-electron chi connectivity index (χ4n) is 4.68. The highest BCUT2D eigenvalue weighted by Gasteiger charge is 2.36. The lowest BCUT2D eigenvalue weighted by Crippen LogP contribution is -2.41. The van der Waals surface area contributed by atoms with Gasteiger partial charge in [-0.3, -0.25) is 9.59 Å². The van der Waals surface area contributed by atoms with Crippen molar-refractivity contribution in [2.24, 2.45) is 0 Å². The Labute approximate surface area is 206 Å². The molecule has 0 saturated carbocycles. The van der Waals surface area contributed by atoms with Crippen molar-refractivity contribution in [2.45, 2.75) is 46.7 Å². The van der Waals surface area contributed by atoms with E-state index in [-0.39, 0.29) is 29.2 Å². The Kier molecular flexibility index (Phi) is 7.03. The van der Waals surface area contributed by atoms with Crippen LogP contribution in [-0.2, 0) is 16.4 Å². The Morgan fingerprint density at radius 2 is 1.74 bits per heavy atom. The van der Waals surface area contributed by atoms with E-state index >= 15 is 0 Å². The van der Waals surface area contributed by atoms with Gasteiger partial charge in [-0.25, -0.2) is 8.42 Å². The highest BCUT2D eigenvalue weighted by atomic mass is 32.2. The number of hydrogen-bond acceptors (Lipinski definition) is 6. The molecule has 1 aliphatic rings. The highest BCUT2D eigenvalue weighted by molar-refractivity contribution is 7.91. The maximum Gasteiger partial charge on any atom is 0.290 e. The van der Waals surface area contributed by atoms with Gasteiger partial charge in [0.05, 0.1) is 16.9 Å². The first-order chi connectivity index (χ1) is 16.6. The second kappa shape index (κ2) is 9.85. The predicted molar refractivity (Wildman–Crippen MR) is 139 cm³/mol. The van der Waals surface area contributed by atoms with Crippen molar-refractivity contribution in [3.05, 3.63) is 75.1 Å². The molecule has 2 heterocycles. The molecule has 186 valence electrons. The number of fused-ring (bicyclic) bond motifs is 1. The Hall–Kier alpha value is -3.13. The van der Waals surface area contributed by atoms with E-state index in [0.717, 1.165) is 35.5 Å². The third kappa shape index (κ3) is 5.12. The average Bonchev–Trinajstić information content (AvgIpc) is 3.20. The SMILES string of the molecule is CCN(CC)c1ccc(CN(C(=O)c2cc(=O)c3ccc(C)c(C)c3o2)[C@@H]2CCS(=O)(=O)C2)cc1. The minimum atomic E-state index is -3.22. The van der Waals surface area contributed by atoms with Gasteiger partial charge in [-0.15, -0.1) is 0 Å². The summed E-state index contributed by atoms with van der Waals surface area (Å²) in [6, 6.07) is 12.2. The minimum Gasteiger partial charge on any atom is -0.450 e. The highest BCUT2D eigenvalue weighted by Crippen LogP contribution is 2.26. The first-order valence-corrected chi connectivity index (χ1v) is 13.8. The lowest BCUT2D eigenvalue weighted by atomic mass is 10.1. The van der Waals surface area contributed by atoms with E-state index in [0.29, 0.717) is 17.4 Å². The van der Waals surface area contributed by atoms with Gasteiger partial charge in [-0.2, -0.15) is 0 Å². The summed E-state index contributed by atoms with van der Waals surface area (Å²) in [6.45, 7) is 9.97. The molecule has 3 aromatic rings. The molecule has 1 fully saturated rings. The zero-order valence-corrected chi connectivity index (χ0v) is 21.5. The maximum absolute atomic E-state index is 13.7. The second-order valence-electron chi connectivity index (χ2n) is 9.19. The van der Waals surface area contributed by atoms with Gasteiger partial charge in [-0.05, 0) is 69.0 Å². The van der Waals surface area contributed by atoms with Crippen LogP contribution in [0.15, 0.2) is 51.7 Å². The van der Waals surface area contributed by atoms with Crippen LogP contribution in [0.4, 0.5) is 5.69 Å². The Balaban J connectivity index is 1.71. The topological polar surface area (TPSA) is 87.9 Å². The van der Waals surface area contributed by atoms with Crippen LogP contribution in [0, 0.1) is 13.8 Å². The zero-order chi connectivity index (χ0) is 25.3. The number of benzene rings is 2. The van der Waals surface area contributed by atoms with Crippen molar-refractivity contribution in [1.82, 2.24) is 4.90 Å². The number of anilines is 1. The molecular formula is C27H32N2O5S. The van der Waals surface area contributed by atoms with Crippen LogP contribution < -0.4 is 10.3 Å². The van der Waals surface area contributed by atoms with Gasteiger partial charge in [0.1, 0.15) is 5.58 Å². The fourth-order valence-corrected chi connectivity index (χ4v) is 6.42. The van der Waals surface area contributed by atoms with Gasteiger partial charge in [0.25, 0.3) is 5.91 Å². The molecule has 7 nitrogen and oxygen atoms in total. The molecule has 0 unspecified atom stereocenters. The fraction of sp³-hybridized carbons (Fsp3) is 0.407. The maximum atomic E-state index is 13.7. The van der Waals surface area contributed by atoms with Crippen LogP contribution in [0.2, 0.25) is 0 Å². The van der Waals surface area contributed by atoms with Crippen LogP contribution in [-0.4, -0.2) is 49.9 Å². The first kappa shape index (κ1) is 25.0. The van der Waals surface area contributed by atoms with Crippen molar-refractivity contribution in [1.29, 1.82) is 0 Å². The predicted octanol–water partition coefficient (Wildman–Crippen LogP) is 4.09. The van der Waals surface area contributed by atoms with Crippen LogP contribution in [0.1, 0.15) is 47.5 Å². The van der Waals surface area contributed by atoms with Crippen LogP contribution >= 0.6 is 0 Å². The largest absolute Gasteiger partial charge is 0.450 e. The summed E-state index contributed by atoms with van der Waals surface area (Å²) in [5.74, 6) is -0.589. The molecule has 2 aromatic carbocycles. The molecule has 0 aliphatic carbocycles. The first-order valence-electron chi connectivity index (χ1n) is 12.0. The molecule has 0 radical (unpaired) electrons. The molecule has 1 aliphatic heterocycles. The molecular weight excluding hydrogens is 464 g/mol. The van der Waals surface area contributed by atoms with E-state index < -0.39 is 21.8 Å². The van der Waals surface area contributed by atoms with Gasteiger partial charge in [-0.1, -0.05) is 18.2 Å². The number of rotatable bonds is 7. The van der Waals surface area contributed by atoms with Gasteiger partial charge in [0.15, 0.2) is 21.0 Å². The third-order valence-electron chi connectivity index (χ3n) is 6.96. The number of sulfone groups is 1. The zero-order valence-electron chi connectivity index (χ0n) is 20.7. The number of carbonyl (C=O) groups excluding carboxylic acids is 1. The monoisotopic (exact) mass is 496 g/mol. The molecule has 1 saturated heterocycles. The molecule has 1 amide bonds. The van der Waals surface area contributed by atoms with E-state index in [1.807, 2.05) is 44.2 Å². The number of hydrogen-bond donors (Lipinski definition) is 0. The molecule has 35 heavy (non-hydrogen) atoms. The summed E-state index contributed by atoms with van der Waals surface area (Å²) in [6.07, 6.45) is 0.363. The van der Waals surface area contributed by atoms with Crippen molar-refractivity contribution < 1.29 is 17.6 Å². The normalized spacial score (nSPS) is 17.0. The molecule has 1 atom stereocenters. The third-order valence-corrected chi connectivity index (χ3v) is 8.71. The van der Waals surface area contributed by atoms with Crippen molar-refractivity contribution >= 4 is 32.4 Å². The van der Waals surface area contributed by atoms with Crippen molar-refractivity contribution in [2.75, 3.05) is 29.5 Å². The van der Waals surface area contributed by atoms with E-state index in [1.165, 1.54) is 6.07 Å². The Morgan fingerprint density at radius 3 is 2.34 bits per heavy atom. The van der Waals surface area contributed by atoms with Crippen LogP contribution in [0.3, 0.4) is 0 Å². The standard InChI is InChI=1S/C27H32N2O5S/c1-5-28(6-2)21-10-8-20(9-11-21)16-29(22-13-14-35(32,33)17-22)27(31)25-15-24(30)23-12-7-18(3)19(4)26(23)34-25/h7-12,15,22H,5-6,13-14,16-17H2,1-4H3/t22-/m1/s1. The smallest absolute Gasteiger partial charge is 0.290 e. The quantitative estimate of drug-likeness (QED) is 0.490.